The van der Waals surface area contributed by atoms with Crippen molar-refractivity contribution in [2.24, 2.45) is 0 Å². The van der Waals surface area contributed by atoms with E-state index in [1.165, 1.54) is 83.0 Å². The molecule has 1 aliphatic carbocycles. The van der Waals surface area contributed by atoms with Gasteiger partial charge in [0.15, 0.2) is 7.28 Å². The Labute approximate surface area is 373 Å². The summed E-state index contributed by atoms with van der Waals surface area (Å²) in [6.45, 7) is 25.7. The molecule has 3 nitrogen and oxygen atoms in total. The molecule has 0 atom stereocenters. The van der Waals surface area contributed by atoms with Crippen molar-refractivity contribution in [3.8, 4) is 39.1 Å². The summed E-state index contributed by atoms with van der Waals surface area (Å²) in [5.41, 5.74) is 23.0. The number of anilines is 2. The van der Waals surface area contributed by atoms with Crippen LogP contribution in [0.4, 0.5) is 11.4 Å². The van der Waals surface area contributed by atoms with Crippen LogP contribution in [-0.4, -0.2) is 11.8 Å². The van der Waals surface area contributed by atoms with Crippen molar-refractivity contribution in [1.82, 2.24) is 4.57 Å². The first-order valence-electron chi connectivity index (χ1n) is 22.7. The van der Waals surface area contributed by atoms with Gasteiger partial charge in [-0.3, -0.25) is 0 Å². The van der Waals surface area contributed by atoms with Crippen LogP contribution in [0.25, 0.3) is 71.8 Å². The Balaban J connectivity index is 1.30. The van der Waals surface area contributed by atoms with Crippen molar-refractivity contribution in [2.45, 2.75) is 97.8 Å². The SMILES string of the molecule is CC(C)(C)c1ccc(Nc2ccc(C(C)(C)C)cc2-c2c3c(c4c5cc(C(C)(C)C)ccc5n5c4c2[B]c2cc4occ(-c6ccccc6)c4cc2-5)-c2ccccc2C3(C)C)cc1. The van der Waals surface area contributed by atoms with Gasteiger partial charge in [-0.15, -0.1) is 0 Å². The van der Waals surface area contributed by atoms with Crippen LogP contribution in [0, 0.1) is 0 Å². The minimum atomic E-state index is -0.297. The van der Waals surface area contributed by atoms with Gasteiger partial charge in [-0.1, -0.05) is 160 Å². The van der Waals surface area contributed by atoms with Gasteiger partial charge in [0.1, 0.15) is 5.58 Å². The Kier molecular flexibility index (Phi) is 8.41. The third-order valence-corrected chi connectivity index (χ3v) is 14.1. The van der Waals surface area contributed by atoms with E-state index in [2.05, 4.69) is 221 Å². The molecule has 1 aliphatic heterocycles. The molecule has 1 radical (unpaired) electrons. The zero-order chi connectivity index (χ0) is 44.0. The fourth-order valence-electron chi connectivity index (χ4n) is 10.6. The molecular formula is C59H56BN2O. The van der Waals surface area contributed by atoms with E-state index in [1.807, 2.05) is 6.26 Å². The average Bonchev–Trinajstić information content (AvgIpc) is 3.88. The maximum atomic E-state index is 6.45. The third-order valence-electron chi connectivity index (χ3n) is 14.1. The monoisotopic (exact) mass is 819 g/mol. The van der Waals surface area contributed by atoms with Crippen molar-refractivity contribution in [2.75, 3.05) is 5.32 Å². The second-order valence-electron chi connectivity index (χ2n) is 21.8. The van der Waals surface area contributed by atoms with Gasteiger partial charge in [-0.05, 0) is 120 Å². The molecule has 0 spiro atoms. The van der Waals surface area contributed by atoms with Crippen LogP contribution in [0.1, 0.15) is 104 Å². The van der Waals surface area contributed by atoms with Crippen molar-refractivity contribution < 1.29 is 4.42 Å². The van der Waals surface area contributed by atoms with Gasteiger partial charge in [-0.2, -0.15) is 0 Å². The Morgan fingerprint density at radius 2 is 1.24 bits per heavy atom. The van der Waals surface area contributed by atoms with Crippen LogP contribution < -0.4 is 16.2 Å². The van der Waals surface area contributed by atoms with Crippen LogP contribution in [0.2, 0.25) is 0 Å². The van der Waals surface area contributed by atoms with E-state index in [1.54, 1.807) is 0 Å². The zero-order valence-electron chi connectivity index (χ0n) is 38.6. The lowest BCUT2D eigenvalue weighted by Crippen LogP contribution is -2.38. The molecule has 311 valence electrons. The summed E-state index contributed by atoms with van der Waals surface area (Å²) in [6, 6.07) is 47.9. The Bertz CT molecular complexity index is 3340. The second-order valence-corrected chi connectivity index (χ2v) is 21.8. The number of nitrogens with one attached hydrogen (secondary N) is 1. The molecule has 0 bridgehead atoms. The first-order valence-corrected chi connectivity index (χ1v) is 22.7. The van der Waals surface area contributed by atoms with E-state index in [0.717, 1.165) is 38.9 Å². The maximum absolute atomic E-state index is 6.45. The largest absolute Gasteiger partial charge is 0.464 e. The number of aromatic nitrogens is 1. The summed E-state index contributed by atoms with van der Waals surface area (Å²) in [4.78, 5) is 0. The van der Waals surface area contributed by atoms with Crippen LogP contribution in [0.15, 0.2) is 138 Å². The molecule has 9 aromatic rings. The molecule has 0 amide bonds. The number of benzene rings is 7. The Morgan fingerprint density at radius 3 is 1.95 bits per heavy atom. The lowest BCUT2D eigenvalue weighted by molar-refractivity contribution is 0.590. The van der Waals surface area contributed by atoms with Gasteiger partial charge in [0.05, 0.1) is 11.8 Å². The number of nitrogens with zero attached hydrogens (tertiary/aromatic N) is 1. The predicted octanol–water partition coefficient (Wildman–Crippen LogP) is 14.8. The first kappa shape index (κ1) is 39.6. The summed E-state index contributed by atoms with van der Waals surface area (Å²) < 4.78 is 9.04. The minimum absolute atomic E-state index is 0.0253. The maximum Gasteiger partial charge on any atom is 0.198 e. The Morgan fingerprint density at radius 1 is 0.587 bits per heavy atom. The molecule has 2 aliphatic rings. The number of fused-ring (bicyclic) bond motifs is 10. The van der Waals surface area contributed by atoms with E-state index < -0.39 is 0 Å². The van der Waals surface area contributed by atoms with Gasteiger partial charge in [0, 0.05) is 55.3 Å². The molecule has 7 aromatic carbocycles. The zero-order valence-corrected chi connectivity index (χ0v) is 38.6. The van der Waals surface area contributed by atoms with E-state index in [-0.39, 0.29) is 21.7 Å². The topological polar surface area (TPSA) is 30.1 Å². The van der Waals surface area contributed by atoms with Gasteiger partial charge in [-0.25, -0.2) is 0 Å². The standard InChI is InChI=1S/C59H56BN2O/c1-56(2,3)35-21-25-38(26-22-35)61-46-27-23-36(57(4,5)6)29-41(46)52-53-50(39-19-15-16-20-44(39)59(53,10)11)51-42-30-37(58(7,8)9)24-28-47(42)62-48-31-40-43(34-17-13-12-14-18-34)33-63-49(40)32-45(48)60-54(52)55(51)62/h12-33,61H,1-11H3. The molecule has 1 N–H and O–H groups in total. The highest BCUT2D eigenvalue weighted by molar-refractivity contribution is 6.74. The Hall–Kier alpha value is -6.26. The molecule has 63 heavy (non-hydrogen) atoms. The molecule has 4 heteroatoms. The van der Waals surface area contributed by atoms with Crippen molar-refractivity contribution in [1.29, 1.82) is 0 Å². The number of hydrogen-bond acceptors (Lipinski definition) is 2. The summed E-state index contributed by atoms with van der Waals surface area (Å²) >= 11 is 0. The van der Waals surface area contributed by atoms with Crippen LogP contribution in [0.5, 0.6) is 0 Å². The highest BCUT2D eigenvalue weighted by Gasteiger charge is 2.43. The van der Waals surface area contributed by atoms with Crippen LogP contribution >= 0.6 is 0 Å². The average molecular weight is 820 g/mol. The molecule has 0 saturated carbocycles. The van der Waals surface area contributed by atoms with Gasteiger partial charge in [0.2, 0.25) is 0 Å². The van der Waals surface area contributed by atoms with E-state index >= 15 is 0 Å². The highest BCUT2D eigenvalue weighted by atomic mass is 16.3. The third kappa shape index (κ3) is 6.01. The molecular weight excluding hydrogens is 763 g/mol. The summed E-state index contributed by atoms with van der Waals surface area (Å²) in [5.74, 6) is 0. The van der Waals surface area contributed by atoms with Crippen molar-refractivity contribution >= 4 is 62.4 Å². The van der Waals surface area contributed by atoms with Crippen LogP contribution in [0.3, 0.4) is 0 Å². The lowest BCUT2D eigenvalue weighted by atomic mass is 9.57. The molecule has 0 saturated heterocycles. The molecule has 11 rings (SSSR count). The number of rotatable bonds is 4. The minimum Gasteiger partial charge on any atom is -0.464 e. The van der Waals surface area contributed by atoms with Crippen LogP contribution in [-0.2, 0) is 21.7 Å². The summed E-state index contributed by atoms with van der Waals surface area (Å²) in [6.07, 6.45) is 1.93. The van der Waals surface area contributed by atoms with E-state index in [0.29, 0.717) is 0 Å². The van der Waals surface area contributed by atoms with E-state index in [4.69, 9.17) is 4.42 Å². The fraction of sp³-hybridized carbons (Fsp3) is 0.254. The van der Waals surface area contributed by atoms with E-state index in [9.17, 15) is 0 Å². The van der Waals surface area contributed by atoms with Gasteiger partial charge < -0.3 is 14.3 Å². The smallest absolute Gasteiger partial charge is 0.198 e. The number of furan rings is 1. The lowest BCUT2D eigenvalue weighted by Gasteiger charge is -2.31. The first-order chi connectivity index (χ1) is 29.9. The second kappa shape index (κ2) is 13.4. The fourth-order valence-corrected chi connectivity index (χ4v) is 10.6. The number of hydrogen-bond donors (Lipinski definition) is 1. The molecule has 3 heterocycles. The van der Waals surface area contributed by atoms with Gasteiger partial charge in [0.25, 0.3) is 0 Å². The molecule has 2 aromatic heterocycles. The summed E-state index contributed by atoms with van der Waals surface area (Å²) in [7, 11) is 2.48. The normalized spacial score (nSPS) is 14.2. The molecule has 0 fully saturated rings. The van der Waals surface area contributed by atoms with Crippen molar-refractivity contribution in [3.05, 3.63) is 161 Å². The van der Waals surface area contributed by atoms with Gasteiger partial charge >= 0.3 is 0 Å². The highest BCUT2D eigenvalue weighted by Crippen LogP contribution is 2.57. The summed E-state index contributed by atoms with van der Waals surface area (Å²) in [5, 5.41) is 7.73. The quantitative estimate of drug-likeness (QED) is 0.179. The molecule has 0 unspecified atom stereocenters. The van der Waals surface area contributed by atoms with Crippen molar-refractivity contribution in [3.63, 3.8) is 0 Å². The predicted molar refractivity (Wildman–Crippen MR) is 270 cm³/mol.